The normalized spacial score (nSPS) is 15.8. The van der Waals surface area contributed by atoms with Gasteiger partial charge < -0.3 is 4.90 Å². The molecule has 200 valence electrons. The maximum atomic E-state index is 13.3. The van der Waals surface area contributed by atoms with E-state index in [9.17, 15) is 19.2 Å². The number of carbonyl (C=O) groups excluding carboxylic acids is 4. The Bertz CT molecular complexity index is 1670. The van der Waals surface area contributed by atoms with E-state index in [0.29, 0.717) is 61.3 Å². The summed E-state index contributed by atoms with van der Waals surface area (Å²) in [7, 11) is 1.98. The molecule has 7 rings (SSSR count). The second-order valence-corrected chi connectivity index (χ2v) is 11.0. The van der Waals surface area contributed by atoms with E-state index >= 15 is 0 Å². The maximum absolute atomic E-state index is 13.3. The summed E-state index contributed by atoms with van der Waals surface area (Å²) in [5, 5.41) is 3.57. The van der Waals surface area contributed by atoms with Gasteiger partial charge in [-0.2, -0.15) is 0 Å². The van der Waals surface area contributed by atoms with E-state index in [1.165, 1.54) is 20.9 Å². The van der Waals surface area contributed by atoms with E-state index in [2.05, 4.69) is 4.90 Å². The van der Waals surface area contributed by atoms with Gasteiger partial charge in [0.15, 0.2) is 0 Å². The van der Waals surface area contributed by atoms with Crippen molar-refractivity contribution in [2.24, 2.45) is 0 Å². The molecule has 0 fully saturated rings. The maximum Gasteiger partial charge on any atom is 0.261 e. The van der Waals surface area contributed by atoms with Crippen LogP contribution in [-0.2, 0) is 12.8 Å². The molecule has 7 nitrogen and oxygen atoms in total. The summed E-state index contributed by atoms with van der Waals surface area (Å²) >= 11 is 0. The van der Waals surface area contributed by atoms with Gasteiger partial charge in [0.1, 0.15) is 0 Å². The predicted molar refractivity (Wildman–Crippen MR) is 153 cm³/mol. The van der Waals surface area contributed by atoms with Gasteiger partial charge in [0.25, 0.3) is 23.6 Å². The summed E-state index contributed by atoms with van der Waals surface area (Å²) in [5.41, 5.74) is 4.84. The van der Waals surface area contributed by atoms with Crippen molar-refractivity contribution in [2.45, 2.75) is 25.7 Å². The topological polar surface area (TPSA) is 78.0 Å². The van der Waals surface area contributed by atoms with Crippen molar-refractivity contribution in [1.82, 2.24) is 14.7 Å². The number of imide groups is 2. The Hall–Kier alpha value is -4.36. The third kappa shape index (κ3) is 3.68. The number of hydrogen-bond donors (Lipinski definition) is 0. The third-order valence-electron chi connectivity index (χ3n) is 8.65. The van der Waals surface area contributed by atoms with Crippen LogP contribution in [0.2, 0.25) is 0 Å². The van der Waals surface area contributed by atoms with Crippen LogP contribution in [0.5, 0.6) is 0 Å². The zero-order chi connectivity index (χ0) is 27.5. The first-order valence-corrected chi connectivity index (χ1v) is 13.9. The van der Waals surface area contributed by atoms with Gasteiger partial charge in [-0.3, -0.25) is 29.0 Å². The second-order valence-electron chi connectivity index (χ2n) is 11.0. The number of amides is 4. The van der Waals surface area contributed by atoms with E-state index in [4.69, 9.17) is 0 Å². The summed E-state index contributed by atoms with van der Waals surface area (Å²) in [4.78, 5) is 57.7. The zero-order valence-corrected chi connectivity index (χ0v) is 22.4. The summed E-state index contributed by atoms with van der Waals surface area (Å²) in [6.07, 6.45) is 3.18. The number of aryl methyl sites for hydroxylation is 2. The number of nitrogens with zero attached hydrogens (tertiary/aromatic N) is 3. The van der Waals surface area contributed by atoms with Gasteiger partial charge in [-0.05, 0) is 92.0 Å². The molecular formula is C33H29N3O4. The van der Waals surface area contributed by atoms with Gasteiger partial charge in [0.2, 0.25) is 0 Å². The Morgan fingerprint density at radius 3 is 1.50 bits per heavy atom. The molecule has 0 spiro atoms. The Morgan fingerprint density at radius 2 is 1.02 bits per heavy atom. The minimum absolute atomic E-state index is 0.215. The third-order valence-corrected chi connectivity index (χ3v) is 8.65. The van der Waals surface area contributed by atoms with E-state index in [1.807, 2.05) is 55.6 Å². The fraction of sp³-hybridized carbons (Fsp3) is 0.273. The van der Waals surface area contributed by atoms with Gasteiger partial charge >= 0.3 is 0 Å². The molecule has 4 amide bonds. The second kappa shape index (κ2) is 9.38. The zero-order valence-electron chi connectivity index (χ0n) is 22.4. The first-order valence-electron chi connectivity index (χ1n) is 13.9. The Labute approximate surface area is 232 Å². The molecule has 7 heteroatoms. The molecule has 2 aliphatic heterocycles. The van der Waals surface area contributed by atoms with Crippen molar-refractivity contribution in [1.29, 1.82) is 0 Å². The summed E-state index contributed by atoms with van der Waals surface area (Å²) in [5.74, 6) is -0.922. The lowest BCUT2D eigenvalue weighted by molar-refractivity contribution is 0.0596. The lowest BCUT2D eigenvalue weighted by atomic mass is 9.91. The fourth-order valence-corrected chi connectivity index (χ4v) is 6.66. The van der Waals surface area contributed by atoms with Crippen molar-refractivity contribution in [3.8, 4) is 0 Å². The molecule has 40 heavy (non-hydrogen) atoms. The monoisotopic (exact) mass is 531 g/mol. The molecule has 0 saturated carbocycles. The SMILES string of the molecule is CN(CCCN1C(=O)c2cccc3cccc(c23)C1=O)CCCN1C(=O)c2ccc3c4c(ccc(c24)C1=O)CC3. The molecule has 0 N–H and O–H groups in total. The van der Waals surface area contributed by atoms with Crippen LogP contribution in [0.25, 0.3) is 21.5 Å². The van der Waals surface area contributed by atoms with Crippen LogP contribution in [0.4, 0.5) is 0 Å². The van der Waals surface area contributed by atoms with Crippen LogP contribution < -0.4 is 0 Å². The van der Waals surface area contributed by atoms with Gasteiger partial charge in [-0.15, -0.1) is 0 Å². The molecule has 0 atom stereocenters. The smallest absolute Gasteiger partial charge is 0.261 e. The molecule has 0 aromatic heterocycles. The van der Waals surface area contributed by atoms with Crippen molar-refractivity contribution >= 4 is 45.2 Å². The molecule has 4 aromatic carbocycles. The quantitative estimate of drug-likeness (QED) is 0.308. The largest absolute Gasteiger partial charge is 0.306 e. The average Bonchev–Trinajstić information content (AvgIpc) is 3.39. The van der Waals surface area contributed by atoms with E-state index in [-0.39, 0.29) is 23.6 Å². The summed E-state index contributed by atoms with van der Waals surface area (Å²) in [6.45, 7) is 2.04. The van der Waals surface area contributed by atoms with Crippen molar-refractivity contribution in [3.05, 3.63) is 94.0 Å². The van der Waals surface area contributed by atoms with Gasteiger partial charge in [0, 0.05) is 46.1 Å². The Kier molecular flexibility index (Phi) is 5.78. The molecule has 1 aliphatic carbocycles. The molecule has 4 aromatic rings. The Morgan fingerprint density at radius 1 is 0.575 bits per heavy atom. The van der Waals surface area contributed by atoms with Crippen LogP contribution in [-0.4, -0.2) is 71.6 Å². The van der Waals surface area contributed by atoms with E-state index in [1.54, 1.807) is 12.1 Å². The van der Waals surface area contributed by atoms with Crippen LogP contribution in [0, 0.1) is 0 Å². The van der Waals surface area contributed by atoms with Crippen molar-refractivity contribution in [3.63, 3.8) is 0 Å². The van der Waals surface area contributed by atoms with Crippen LogP contribution in [0.3, 0.4) is 0 Å². The van der Waals surface area contributed by atoms with Crippen LogP contribution >= 0.6 is 0 Å². The Balaban J connectivity index is 0.961. The number of hydrogen-bond acceptors (Lipinski definition) is 5. The average molecular weight is 532 g/mol. The number of rotatable bonds is 8. The van der Waals surface area contributed by atoms with Gasteiger partial charge in [-0.1, -0.05) is 36.4 Å². The minimum atomic E-state index is -0.246. The van der Waals surface area contributed by atoms with E-state index in [0.717, 1.165) is 34.4 Å². The van der Waals surface area contributed by atoms with Crippen LogP contribution in [0.1, 0.15) is 65.4 Å². The van der Waals surface area contributed by atoms with Gasteiger partial charge in [0.05, 0.1) is 0 Å². The molecule has 0 bridgehead atoms. The molecule has 2 heterocycles. The number of carbonyl (C=O) groups is 4. The predicted octanol–water partition coefficient (Wildman–Crippen LogP) is 4.70. The summed E-state index contributed by atoms with van der Waals surface area (Å²) < 4.78 is 0. The highest BCUT2D eigenvalue weighted by atomic mass is 16.2. The molecule has 0 saturated heterocycles. The highest BCUT2D eigenvalue weighted by molar-refractivity contribution is 6.27. The number of benzene rings is 4. The first-order chi connectivity index (χ1) is 19.4. The van der Waals surface area contributed by atoms with Gasteiger partial charge in [-0.25, -0.2) is 0 Å². The minimum Gasteiger partial charge on any atom is -0.306 e. The first kappa shape index (κ1) is 24.7. The summed E-state index contributed by atoms with van der Waals surface area (Å²) in [6, 6.07) is 18.9. The van der Waals surface area contributed by atoms with Crippen LogP contribution in [0.15, 0.2) is 60.7 Å². The molecule has 0 unspecified atom stereocenters. The van der Waals surface area contributed by atoms with Crippen molar-refractivity contribution in [2.75, 3.05) is 33.2 Å². The fourth-order valence-electron chi connectivity index (χ4n) is 6.66. The van der Waals surface area contributed by atoms with Crippen molar-refractivity contribution < 1.29 is 19.2 Å². The lowest BCUT2D eigenvalue weighted by Crippen LogP contribution is -2.42. The highest BCUT2D eigenvalue weighted by Gasteiger charge is 2.35. The highest BCUT2D eigenvalue weighted by Crippen LogP contribution is 2.38. The molecule has 0 radical (unpaired) electrons. The lowest BCUT2D eigenvalue weighted by Gasteiger charge is -2.29. The van der Waals surface area contributed by atoms with E-state index < -0.39 is 0 Å². The molecular weight excluding hydrogens is 502 g/mol. The standard InChI is InChI=1S/C33H29N3O4/c1-34(16-4-18-35-30(37)23-8-2-6-20-7-3-9-24(28(20)23)31(35)38)17-5-19-36-32(39)25-14-12-21-10-11-22-13-15-26(33(36)40)29(25)27(21)22/h2-3,6-9,12-15H,4-5,10-11,16-19H2,1H3. The molecule has 3 aliphatic rings.